The van der Waals surface area contributed by atoms with Gasteiger partial charge in [0, 0.05) is 87.9 Å². The molecule has 0 spiro atoms. The zero-order valence-corrected chi connectivity index (χ0v) is 51.4. The maximum Gasteiger partial charge on any atom is 0.139 e. The fourth-order valence-electron chi connectivity index (χ4n) is 12.6. The summed E-state index contributed by atoms with van der Waals surface area (Å²) < 4.78 is 15.9. The Bertz CT molecular complexity index is 4940. The van der Waals surface area contributed by atoms with Gasteiger partial charge in [0.2, 0.25) is 0 Å². The van der Waals surface area contributed by atoms with Crippen LogP contribution in [-0.2, 0) is 10.8 Å². The maximum atomic E-state index is 8.33. The van der Waals surface area contributed by atoms with Gasteiger partial charge in [-0.2, -0.15) is 0 Å². The lowest BCUT2D eigenvalue weighted by Crippen LogP contribution is -2.17. The summed E-state index contributed by atoms with van der Waals surface area (Å²) in [6, 6.07) is 97.5. The maximum absolute atomic E-state index is 8.33. The summed E-state index contributed by atoms with van der Waals surface area (Å²) in [5.74, 6) is 0. The Morgan fingerprint density at radius 1 is 0.284 bits per heavy atom. The third-order valence-corrected chi connectivity index (χ3v) is 18.5. The van der Waals surface area contributed by atoms with Gasteiger partial charge in [-0.1, -0.05) is 181 Å². The Labute approximate surface area is 521 Å². The van der Waals surface area contributed by atoms with E-state index >= 15 is 0 Å². The number of fused-ring (bicyclic) bond motifs is 9. The molecule has 0 aliphatic heterocycles. The molecule has 0 bridgehead atoms. The molecule has 0 fully saturated rings. The Kier molecular flexibility index (Phi) is 13.5. The molecule has 0 atom stereocenters. The smallest absolute Gasteiger partial charge is 0.139 e. The largest absolute Gasteiger partial charge is 0.456 e. The molecule has 428 valence electrons. The average molecular weight is 1180 g/mol. The van der Waals surface area contributed by atoms with Crippen molar-refractivity contribution in [3.63, 3.8) is 0 Å². The van der Waals surface area contributed by atoms with Crippen LogP contribution in [0.2, 0.25) is 5.02 Å². The predicted molar refractivity (Wildman–Crippen MR) is 375 cm³/mol. The van der Waals surface area contributed by atoms with Crippen LogP contribution in [0.15, 0.2) is 282 Å². The lowest BCUT2D eigenvalue weighted by Gasteiger charge is -2.33. The molecule has 0 amide bonds. The van der Waals surface area contributed by atoms with Crippen molar-refractivity contribution < 1.29 is 8.83 Å². The first-order valence-corrected chi connectivity index (χ1v) is 31.2. The van der Waals surface area contributed by atoms with Gasteiger partial charge < -0.3 is 28.4 Å². The van der Waals surface area contributed by atoms with Crippen molar-refractivity contribution in [2.24, 2.45) is 0 Å². The van der Waals surface area contributed by atoms with Crippen LogP contribution < -0.4 is 19.6 Å². The van der Waals surface area contributed by atoms with Gasteiger partial charge in [-0.05, 0) is 161 Å². The summed E-state index contributed by atoms with van der Waals surface area (Å²) in [5.41, 5.74) is 16.9. The van der Waals surface area contributed by atoms with E-state index < -0.39 is 0 Å². The molecule has 0 saturated heterocycles. The van der Waals surface area contributed by atoms with Crippen molar-refractivity contribution in [3.05, 3.63) is 289 Å². The lowest BCUT2D eigenvalue weighted by atomic mass is 9.87. The molecule has 6 nitrogen and oxygen atoms in total. The van der Waals surface area contributed by atoms with Gasteiger partial charge in [0.25, 0.3) is 0 Å². The highest BCUT2D eigenvalue weighted by molar-refractivity contribution is 7.25. The van der Waals surface area contributed by atoms with Crippen molar-refractivity contribution in [1.29, 1.82) is 0 Å². The molecule has 3 aromatic heterocycles. The van der Waals surface area contributed by atoms with E-state index in [1.165, 1.54) is 31.3 Å². The molecule has 0 aliphatic carbocycles. The molecule has 0 N–H and O–H groups in total. The fraction of sp³-hybridized carbons (Fsp3) is 0.100. The highest BCUT2D eigenvalue weighted by Crippen LogP contribution is 2.52. The standard InChI is InChI=1S/C80H63ClN4O2S/c1-79(2,3)52-35-39-56(40-36-52)84(59-26-19-25-58(47-59)82(60-43-45-73-66(48-60)63-27-13-16-32-71(63)86-73)61-44-46-76-67(49-61)64-28-15-18-34-75(64)88-76)68-30-20-31-69(78(68)81)85(57-41-37-53(38-42-57)80(4,5)6)62-50-70(77-65-29-14-17-33-72(65)87-74(77)51-62)83(54-21-9-7-10-22-54)55-23-11-8-12-24-55/h7-51H,1-6H3. The SMILES string of the molecule is CC(C)(C)c1ccc(N(c2cccc(N(c3ccc4oc5ccccc5c4c3)c3ccc4sc5ccccc5c4c3)c2)c2cccc(N(c3ccc(C(C)(C)C)cc3)c3cc(N(c4ccccc4)c4ccccc4)c4c(c3)oc3ccccc34)c2Cl)cc1. The molecule has 0 saturated carbocycles. The second-order valence-corrected chi connectivity index (χ2v) is 26.2. The number of hydrogen-bond acceptors (Lipinski definition) is 7. The summed E-state index contributed by atoms with van der Waals surface area (Å²) in [4.78, 5) is 9.31. The van der Waals surface area contributed by atoms with E-state index in [0.717, 1.165) is 112 Å². The number of hydrogen-bond donors (Lipinski definition) is 0. The highest BCUT2D eigenvalue weighted by atomic mass is 35.5. The van der Waals surface area contributed by atoms with Gasteiger partial charge in [-0.15, -0.1) is 11.3 Å². The summed E-state index contributed by atoms with van der Waals surface area (Å²) in [5, 5.41) is 7.19. The van der Waals surface area contributed by atoms with Crippen LogP contribution in [0.1, 0.15) is 52.7 Å². The van der Waals surface area contributed by atoms with Crippen LogP contribution in [0.3, 0.4) is 0 Å². The van der Waals surface area contributed by atoms with Gasteiger partial charge in [0.05, 0.1) is 33.2 Å². The molecule has 15 aromatic rings. The molecule has 0 aliphatic rings. The number of rotatable bonds is 12. The number of halogens is 1. The molecule has 0 radical (unpaired) electrons. The highest BCUT2D eigenvalue weighted by Gasteiger charge is 2.29. The minimum absolute atomic E-state index is 0.0723. The quantitative estimate of drug-likeness (QED) is 0.121. The van der Waals surface area contributed by atoms with Crippen molar-refractivity contribution in [2.45, 2.75) is 52.4 Å². The molecular weight excluding hydrogens is 1120 g/mol. The van der Waals surface area contributed by atoms with Crippen molar-refractivity contribution >= 4 is 155 Å². The van der Waals surface area contributed by atoms with E-state index in [-0.39, 0.29) is 10.8 Å². The second-order valence-electron chi connectivity index (χ2n) is 24.7. The Balaban J connectivity index is 0.949. The summed E-state index contributed by atoms with van der Waals surface area (Å²) in [6.45, 7) is 13.5. The van der Waals surface area contributed by atoms with E-state index in [2.05, 4.69) is 316 Å². The minimum Gasteiger partial charge on any atom is -0.456 e. The van der Waals surface area contributed by atoms with Crippen LogP contribution in [-0.4, -0.2) is 0 Å². The topological polar surface area (TPSA) is 39.2 Å². The van der Waals surface area contributed by atoms with E-state index in [1.54, 1.807) is 0 Å². The van der Waals surface area contributed by atoms with E-state index in [9.17, 15) is 0 Å². The van der Waals surface area contributed by atoms with Crippen molar-refractivity contribution in [2.75, 3.05) is 19.6 Å². The van der Waals surface area contributed by atoms with Crippen molar-refractivity contribution in [3.8, 4) is 0 Å². The monoisotopic (exact) mass is 1180 g/mol. The number of nitrogens with zero attached hydrogens (tertiary/aromatic N) is 4. The van der Waals surface area contributed by atoms with E-state index in [1.807, 2.05) is 29.5 Å². The van der Waals surface area contributed by atoms with Gasteiger partial charge in [-0.3, -0.25) is 0 Å². The molecule has 3 heterocycles. The first-order valence-electron chi connectivity index (χ1n) is 30.0. The first-order chi connectivity index (χ1) is 42.8. The van der Waals surface area contributed by atoms with Gasteiger partial charge in [0.15, 0.2) is 0 Å². The van der Waals surface area contributed by atoms with E-state index in [0.29, 0.717) is 5.02 Å². The third-order valence-electron chi connectivity index (χ3n) is 17.0. The van der Waals surface area contributed by atoms with Gasteiger partial charge in [0.1, 0.15) is 22.3 Å². The first kappa shape index (κ1) is 54.6. The average Bonchev–Trinajstić information content (AvgIpc) is 1.73. The molecule has 88 heavy (non-hydrogen) atoms. The van der Waals surface area contributed by atoms with Crippen molar-refractivity contribution in [1.82, 2.24) is 0 Å². The lowest BCUT2D eigenvalue weighted by molar-refractivity contribution is 0.590. The normalized spacial score (nSPS) is 12.0. The van der Waals surface area contributed by atoms with Crippen LogP contribution in [0.5, 0.6) is 0 Å². The number of para-hydroxylation sites is 4. The molecule has 8 heteroatoms. The summed E-state index contributed by atoms with van der Waals surface area (Å²) in [6.07, 6.45) is 0. The Hall–Kier alpha value is -10.1. The molecular formula is C80H63ClN4O2S. The zero-order valence-electron chi connectivity index (χ0n) is 49.9. The molecule has 15 rings (SSSR count). The van der Waals surface area contributed by atoms with E-state index in [4.69, 9.17) is 20.4 Å². The zero-order chi connectivity index (χ0) is 59.8. The summed E-state index contributed by atoms with van der Waals surface area (Å²) in [7, 11) is 0. The van der Waals surface area contributed by atoms with Crippen LogP contribution in [0.25, 0.3) is 64.0 Å². The van der Waals surface area contributed by atoms with Gasteiger partial charge in [-0.25, -0.2) is 0 Å². The molecule has 0 unspecified atom stereocenters. The van der Waals surface area contributed by atoms with Crippen LogP contribution in [0, 0.1) is 0 Å². The number of anilines is 12. The Morgan fingerprint density at radius 3 is 1.33 bits per heavy atom. The second kappa shape index (κ2) is 21.7. The fourth-order valence-corrected chi connectivity index (χ4v) is 13.9. The van der Waals surface area contributed by atoms with Crippen LogP contribution >= 0.6 is 22.9 Å². The minimum atomic E-state index is -0.0777. The number of benzene rings is 12. The van der Waals surface area contributed by atoms with Gasteiger partial charge >= 0.3 is 0 Å². The number of thiophene rings is 1. The molecule has 12 aromatic carbocycles. The summed E-state index contributed by atoms with van der Waals surface area (Å²) >= 11 is 10.2. The number of furan rings is 2. The predicted octanol–water partition coefficient (Wildman–Crippen LogP) is 25.0. The third kappa shape index (κ3) is 9.77. The van der Waals surface area contributed by atoms with Crippen LogP contribution in [0.4, 0.5) is 68.2 Å². The Morgan fingerprint density at radius 2 is 0.705 bits per heavy atom.